The summed E-state index contributed by atoms with van der Waals surface area (Å²) in [7, 11) is 0. The lowest BCUT2D eigenvalue weighted by Crippen LogP contribution is -2.24. The molecule has 0 bridgehead atoms. The number of hydrogen-bond acceptors (Lipinski definition) is 3. The van der Waals surface area contributed by atoms with Gasteiger partial charge in [-0.2, -0.15) is 0 Å². The van der Waals surface area contributed by atoms with Crippen LogP contribution in [0, 0.1) is 5.92 Å². The van der Waals surface area contributed by atoms with Gasteiger partial charge in [-0.05, 0) is 36.5 Å². The molecule has 1 N–H and O–H groups in total. The second-order valence-electron chi connectivity index (χ2n) is 5.24. The van der Waals surface area contributed by atoms with Crippen molar-refractivity contribution in [2.75, 3.05) is 0 Å². The Labute approximate surface area is 130 Å². The average molecular weight is 313 g/mol. The third-order valence-corrected chi connectivity index (χ3v) is 3.77. The number of ether oxygens (including phenoxy) is 1. The Morgan fingerprint density at radius 1 is 1.24 bits per heavy atom. The Morgan fingerprint density at radius 3 is 2.29 bits per heavy atom. The average Bonchev–Trinajstić information content (AvgIpc) is 2.43. The number of hydrogen-bond donors (Lipinski definition) is 1. The molecule has 4 nitrogen and oxygen atoms in total. The number of carboxylic acids is 1. The molecule has 1 aromatic carbocycles. The van der Waals surface area contributed by atoms with Crippen molar-refractivity contribution in [2.45, 2.75) is 46.6 Å². The molecule has 0 saturated carbocycles. The van der Waals surface area contributed by atoms with E-state index in [2.05, 4.69) is 0 Å². The van der Waals surface area contributed by atoms with E-state index in [1.807, 2.05) is 27.7 Å². The molecule has 1 unspecified atom stereocenters. The molecule has 0 heterocycles. The molecule has 0 aliphatic rings. The van der Waals surface area contributed by atoms with Crippen molar-refractivity contribution in [1.29, 1.82) is 0 Å². The highest BCUT2D eigenvalue weighted by molar-refractivity contribution is 6.32. The standard InChI is InChI=1S/C16H21ClO4/c1-5-10-7-12(11(15(18)19)8-13(10)17)16(20)21-14(6-2)9(3)4/h7-9,14H,5-6H2,1-4H3,(H,18,19). The third kappa shape index (κ3) is 4.21. The summed E-state index contributed by atoms with van der Waals surface area (Å²) in [6.45, 7) is 7.73. The Kier molecular flexibility index (Phi) is 6.21. The molecule has 0 spiro atoms. The fourth-order valence-electron chi connectivity index (χ4n) is 2.13. The maximum atomic E-state index is 12.3. The summed E-state index contributed by atoms with van der Waals surface area (Å²) in [6, 6.07) is 2.83. The lowest BCUT2D eigenvalue weighted by Gasteiger charge is -2.20. The lowest BCUT2D eigenvalue weighted by molar-refractivity contribution is 0.0169. The van der Waals surface area contributed by atoms with Gasteiger partial charge in [-0.25, -0.2) is 9.59 Å². The van der Waals surface area contributed by atoms with Crippen molar-refractivity contribution in [3.63, 3.8) is 0 Å². The van der Waals surface area contributed by atoms with Gasteiger partial charge in [0.15, 0.2) is 0 Å². The summed E-state index contributed by atoms with van der Waals surface area (Å²) in [5.41, 5.74) is 0.662. The number of aryl methyl sites for hydroxylation is 1. The molecule has 0 aromatic heterocycles. The third-order valence-electron chi connectivity index (χ3n) is 3.42. The zero-order chi connectivity index (χ0) is 16.2. The number of halogens is 1. The predicted molar refractivity (Wildman–Crippen MR) is 82.1 cm³/mol. The van der Waals surface area contributed by atoms with E-state index in [1.54, 1.807) is 0 Å². The number of rotatable bonds is 6. The minimum Gasteiger partial charge on any atom is -0.478 e. The molecule has 0 fully saturated rings. The maximum Gasteiger partial charge on any atom is 0.339 e. The van der Waals surface area contributed by atoms with E-state index in [1.165, 1.54) is 12.1 Å². The van der Waals surface area contributed by atoms with E-state index in [9.17, 15) is 14.7 Å². The number of carbonyl (C=O) groups is 2. The molecule has 21 heavy (non-hydrogen) atoms. The van der Waals surface area contributed by atoms with Gasteiger partial charge in [-0.1, -0.05) is 39.3 Å². The number of benzene rings is 1. The summed E-state index contributed by atoms with van der Waals surface area (Å²) < 4.78 is 5.43. The van der Waals surface area contributed by atoms with Crippen LogP contribution in [-0.4, -0.2) is 23.1 Å². The van der Waals surface area contributed by atoms with Crippen LogP contribution in [0.5, 0.6) is 0 Å². The van der Waals surface area contributed by atoms with Crippen molar-refractivity contribution in [1.82, 2.24) is 0 Å². The first-order valence-corrected chi connectivity index (χ1v) is 7.46. The van der Waals surface area contributed by atoms with Crippen LogP contribution in [0.2, 0.25) is 5.02 Å². The molecule has 1 aromatic rings. The van der Waals surface area contributed by atoms with Crippen molar-refractivity contribution >= 4 is 23.5 Å². The van der Waals surface area contributed by atoms with Crippen LogP contribution < -0.4 is 0 Å². The largest absolute Gasteiger partial charge is 0.478 e. The van der Waals surface area contributed by atoms with E-state index in [0.29, 0.717) is 17.9 Å². The molecule has 0 saturated heterocycles. The SMILES string of the molecule is CCc1cc(C(=O)OC(CC)C(C)C)c(C(=O)O)cc1Cl. The fraction of sp³-hybridized carbons (Fsp3) is 0.500. The van der Waals surface area contributed by atoms with E-state index in [4.69, 9.17) is 16.3 Å². The van der Waals surface area contributed by atoms with Gasteiger partial charge < -0.3 is 9.84 Å². The van der Waals surface area contributed by atoms with Gasteiger partial charge in [0.25, 0.3) is 0 Å². The van der Waals surface area contributed by atoms with E-state index in [-0.39, 0.29) is 23.1 Å². The Bertz CT molecular complexity index is 537. The number of esters is 1. The van der Waals surface area contributed by atoms with Crippen molar-refractivity contribution in [2.24, 2.45) is 5.92 Å². The van der Waals surface area contributed by atoms with Crippen molar-refractivity contribution in [3.8, 4) is 0 Å². The summed E-state index contributed by atoms with van der Waals surface area (Å²) in [4.78, 5) is 23.6. The minimum absolute atomic E-state index is 0.0582. The molecule has 5 heteroatoms. The summed E-state index contributed by atoms with van der Waals surface area (Å²) in [5, 5.41) is 9.59. The quantitative estimate of drug-likeness (QED) is 0.800. The molecule has 0 radical (unpaired) electrons. The highest BCUT2D eigenvalue weighted by atomic mass is 35.5. The number of carboxylic acid groups (broad SMARTS) is 1. The van der Waals surface area contributed by atoms with Gasteiger partial charge in [0.05, 0.1) is 11.1 Å². The second kappa shape index (κ2) is 7.46. The highest BCUT2D eigenvalue weighted by Crippen LogP contribution is 2.24. The monoisotopic (exact) mass is 312 g/mol. The number of carbonyl (C=O) groups excluding carboxylic acids is 1. The zero-order valence-corrected chi connectivity index (χ0v) is 13.5. The molecule has 116 valence electrons. The highest BCUT2D eigenvalue weighted by Gasteiger charge is 2.23. The van der Waals surface area contributed by atoms with Gasteiger partial charge in [-0.15, -0.1) is 0 Å². The van der Waals surface area contributed by atoms with Gasteiger partial charge in [-0.3, -0.25) is 0 Å². The van der Waals surface area contributed by atoms with Crippen LogP contribution in [0.25, 0.3) is 0 Å². The molecule has 1 rings (SSSR count). The normalized spacial score (nSPS) is 12.3. The molecule has 0 aliphatic heterocycles. The first kappa shape index (κ1) is 17.5. The van der Waals surface area contributed by atoms with Crippen LogP contribution in [0.15, 0.2) is 12.1 Å². The van der Waals surface area contributed by atoms with Gasteiger partial charge in [0.2, 0.25) is 0 Å². The topological polar surface area (TPSA) is 63.6 Å². The molecule has 1 atom stereocenters. The Hall–Kier alpha value is -1.55. The van der Waals surface area contributed by atoms with Crippen LogP contribution in [0.3, 0.4) is 0 Å². The molecular weight excluding hydrogens is 292 g/mol. The van der Waals surface area contributed by atoms with Crippen LogP contribution in [0.1, 0.15) is 60.4 Å². The van der Waals surface area contributed by atoms with E-state index >= 15 is 0 Å². The summed E-state index contributed by atoms with van der Waals surface area (Å²) >= 11 is 6.02. The number of aromatic carboxylic acids is 1. The van der Waals surface area contributed by atoms with Crippen LogP contribution in [0.4, 0.5) is 0 Å². The zero-order valence-electron chi connectivity index (χ0n) is 12.8. The minimum atomic E-state index is -1.19. The summed E-state index contributed by atoms with van der Waals surface area (Å²) in [6.07, 6.45) is 1.06. The predicted octanol–water partition coefficient (Wildman–Crippen LogP) is 4.19. The van der Waals surface area contributed by atoms with Gasteiger partial charge in [0, 0.05) is 5.02 Å². The molecule has 0 aliphatic carbocycles. The lowest BCUT2D eigenvalue weighted by atomic mass is 10.0. The first-order chi connectivity index (χ1) is 9.81. The van der Waals surface area contributed by atoms with Crippen molar-refractivity contribution < 1.29 is 19.4 Å². The van der Waals surface area contributed by atoms with E-state index < -0.39 is 11.9 Å². The maximum absolute atomic E-state index is 12.3. The summed E-state index contributed by atoms with van der Waals surface area (Å²) in [5.74, 6) is -1.63. The Balaban J connectivity index is 3.21. The Morgan fingerprint density at radius 2 is 1.86 bits per heavy atom. The molecule has 0 amide bonds. The molecular formula is C16H21ClO4. The smallest absolute Gasteiger partial charge is 0.339 e. The van der Waals surface area contributed by atoms with Gasteiger partial charge >= 0.3 is 11.9 Å². The van der Waals surface area contributed by atoms with Gasteiger partial charge in [0.1, 0.15) is 6.10 Å². The van der Waals surface area contributed by atoms with Crippen LogP contribution in [-0.2, 0) is 11.2 Å². The first-order valence-electron chi connectivity index (χ1n) is 7.08. The van der Waals surface area contributed by atoms with Crippen molar-refractivity contribution in [3.05, 3.63) is 33.8 Å². The fourth-order valence-corrected chi connectivity index (χ4v) is 2.42. The van der Waals surface area contributed by atoms with E-state index in [0.717, 1.165) is 5.56 Å². The van der Waals surface area contributed by atoms with Crippen LogP contribution >= 0.6 is 11.6 Å². The second-order valence-corrected chi connectivity index (χ2v) is 5.65.